The normalized spacial score (nSPS) is 16.8. The number of aryl methyl sites for hydroxylation is 2. The first kappa shape index (κ1) is 23.1. The third kappa shape index (κ3) is 2.94. The van der Waals surface area contributed by atoms with E-state index in [-0.39, 0.29) is 33.3 Å². The molecule has 192 valence electrons. The Kier molecular flexibility index (Phi) is 4.98. The summed E-state index contributed by atoms with van der Waals surface area (Å²) in [6.45, 7) is 0. The minimum absolute atomic E-state index is 0.0167. The van der Waals surface area contributed by atoms with Crippen LogP contribution in [-0.2, 0) is 25.7 Å². The molecule has 2 aliphatic carbocycles. The highest BCUT2D eigenvalue weighted by molar-refractivity contribution is 5.95. The minimum Gasteiger partial charge on any atom is -0.287 e. The first-order chi connectivity index (χ1) is 18.4. The molecule has 7 rings (SSSR count). The van der Waals surface area contributed by atoms with Gasteiger partial charge in [-0.3, -0.25) is 30.0 Å². The van der Waals surface area contributed by atoms with Gasteiger partial charge in [0, 0.05) is 22.3 Å². The quantitative estimate of drug-likeness (QED) is 0.300. The van der Waals surface area contributed by atoms with Crippen molar-refractivity contribution in [2.45, 2.75) is 77.0 Å². The second-order valence-electron chi connectivity index (χ2n) is 10.7. The van der Waals surface area contributed by atoms with E-state index in [2.05, 4.69) is 9.97 Å². The summed E-state index contributed by atoms with van der Waals surface area (Å²) < 4.78 is 2.30. The fourth-order valence-electron chi connectivity index (χ4n) is 6.64. The Hall–Kier alpha value is -4.08. The van der Waals surface area contributed by atoms with E-state index in [0.29, 0.717) is 25.7 Å². The summed E-state index contributed by atoms with van der Waals surface area (Å²) in [5, 5.41) is 16.6. The highest BCUT2D eigenvalue weighted by atomic mass is 16.2. The molecule has 0 bridgehead atoms. The van der Waals surface area contributed by atoms with Crippen molar-refractivity contribution >= 4 is 33.1 Å². The van der Waals surface area contributed by atoms with E-state index in [9.17, 15) is 19.2 Å². The number of fused-ring (bicyclic) bond motifs is 8. The lowest BCUT2D eigenvalue weighted by Gasteiger charge is -2.09. The Labute approximate surface area is 214 Å². The van der Waals surface area contributed by atoms with E-state index in [1.165, 1.54) is 0 Å². The molecule has 0 atom stereocenters. The van der Waals surface area contributed by atoms with Crippen molar-refractivity contribution in [3.8, 4) is 0 Å². The van der Waals surface area contributed by atoms with Crippen LogP contribution < -0.4 is 33.0 Å². The largest absolute Gasteiger partial charge is 0.287 e. The molecule has 0 aliphatic heterocycles. The molecular weight excluding hydrogens is 484 g/mol. The lowest BCUT2D eigenvalue weighted by molar-refractivity contribution is 0.617. The van der Waals surface area contributed by atoms with Crippen LogP contribution in [0.5, 0.6) is 0 Å². The van der Waals surface area contributed by atoms with Crippen molar-refractivity contribution in [2.75, 3.05) is 0 Å². The number of rotatable bonds is 0. The fraction of sp³-hybridized carbons (Fsp3) is 0.429. The molecule has 0 radical (unpaired) electrons. The summed E-state index contributed by atoms with van der Waals surface area (Å²) in [5.74, 6) is 0. The van der Waals surface area contributed by atoms with Crippen LogP contribution in [0.4, 0.5) is 0 Å². The van der Waals surface area contributed by atoms with Gasteiger partial charge in [-0.15, -0.1) is 0 Å². The molecule has 0 unspecified atom stereocenters. The Morgan fingerprint density at radius 1 is 0.500 bits per heavy atom. The maximum absolute atomic E-state index is 13.8. The second kappa shape index (κ2) is 8.21. The van der Waals surface area contributed by atoms with Gasteiger partial charge in [-0.05, 0) is 51.4 Å². The van der Waals surface area contributed by atoms with Crippen LogP contribution in [0.2, 0.25) is 0 Å². The van der Waals surface area contributed by atoms with E-state index in [0.717, 1.165) is 82.4 Å². The van der Waals surface area contributed by atoms with Crippen LogP contribution in [0, 0.1) is 10.8 Å². The van der Waals surface area contributed by atoms with Crippen LogP contribution >= 0.6 is 0 Å². The summed E-state index contributed by atoms with van der Waals surface area (Å²) in [6, 6.07) is 0. The summed E-state index contributed by atoms with van der Waals surface area (Å²) in [4.78, 5) is 63.9. The van der Waals surface area contributed by atoms with Crippen LogP contribution in [0.1, 0.15) is 73.6 Å². The summed E-state index contributed by atoms with van der Waals surface area (Å²) in [7, 11) is 0. The van der Waals surface area contributed by atoms with Gasteiger partial charge in [0.2, 0.25) is 10.9 Å². The van der Waals surface area contributed by atoms with E-state index in [4.69, 9.17) is 10.8 Å². The molecule has 1 aromatic carbocycles. The average molecular weight is 511 g/mol. The number of hydrogen-bond donors (Lipinski definition) is 2. The number of hydrogen-bond acceptors (Lipinski definition) is 8. The topological polar surface area (TPSA) is 151 Å². The summed E-state index contributed by atoms with van der Waals surface area (Å²) in [5.41, 5.74) is -0.335. The van der Waals surface area contributed by atoms with Gasteiger partial charge < -0.3 is 0 Å². The molecule has 5 aromatic rings. The first-order valence-corrected chi connectivity index (χ1v) is 13.5. The van der Waals surface area contributed by atoms with Crippen LogP contribution in [-0.4, -0.2) is 18.8 Å². The van der Waals surface area contributed by atoms with Crippen molar-refractivity contribution in [3.05, 3.63) is 74.4 Å². The zero-order valence-corrected chi connectivity index (χ0v) is 20.9. The summed E-state index contributed by atoms with van der Waals surface area (Å²) >= 11 is 0. The van der Waals surface area contributed by atoms with Gasteiger partial charge in [-0.2, -0.15) is 0 Å². The lowest BCUT2D eigenvalue weighted by Crippen LogP contribution is -2.34. The van der Waals surface area contributed by atoms with Gasteiger partial charge in [-0.25, -0.2) is 18.8 Å². The molecular formula is C28H26N6O4. The van der Waals surface area contributed by atoms with Gasteiger partial charge in [-0.1, -0.05) is 25.7 Å². The molecule has 38 heavy (non-hydrogen) atoms. The third-order valence-electron chi connectivity index (χ3n) is 8.55. The maximum atomic E-state index is 13.8. The average Bonchev–Trinajstić information content (AvgIpc) is 3.26. The molecule has 10 nitrogen and oxygen atoms in total. The van der Waals surface area contributed by atoms with E-state index in [1.54, 1.807) is 0 Å². The molecule has 10 heteroatoms. The Morgan fingerprint density at radius 2 is 0.842 bits per heavy atom. The van der Waals surface area contributed by atoms with Crippen molar-refractivity contribution in [2.24, 2.45) is 0 Å². The lowest BCUT2D eigenvalue weighted by atomic mass is 9.96. The molecule has 0 spiro atoms. The SMILES string of the molecule is N=c1c2c(c3nc4c(=O)c5c(=O)n6c(=N)c7c(c6nc5c(=O)c4c(=O)n13)CCCCCC7)CCCCCC2. The number of aromatic nitrogens is 4. The molecule has 2 aliphatic rings. The number of nitrogens with one attached hydrogen (secondary N) is 2. The van der Waals surface area contributed by atoms with Crippen molar-refractivity contribution in [3.63, 3.8) is 0 Å². The van der Waals surface area contributed by atoms with Gasteiger partial charge in [0.05, 0.1) is 0 Å². The number of benzene rings is 1. The standard InChI is InChI=1S/C28H26N6O4/c29-23-13-9-5-1-3-7-11-15(13)25-31-19-17(27(37)33(23)25)21(35)20-18(22(19)36)28(38)34-24(30)14-10-6-2-4-8-12-16(14)26(34)32-20/h29-30H,1-12H2. The van der Waals surface area contributed by atoms with Crippen LogP contribution in [0.25, 0.3) is 33.1 Å². The fourth-order valence-corrected chi connectivity index (χ4v) is 6.64. The predicted octanol–water partition coefficient (Wildman–Crippen LogP) is 1.32. The zero-order chi connectivity index (χ0) is 26.3. The van der Waals surface area contributed by atoms with Crippen molar-refractivity contribution < 1.29 is 0 Å². The molecule has 0 fully saturated rings. The van der Waals surface area contributed by atoms with E-state index >= 15 is 0 Å². The molecule has 4 heterocycles. The van der Waals surface area contributed by atoms with Crippen LogP contribution in [0.15, 0.2) is 19.2 Å². The Bertz CT molecular complexity index is 2010. The third-order valence-corrected chi connectivity index (χ3v) is 8.55. The predicted molar refractivity (Wildman–Crippen MR) is 141 cm³/mol. The maximum Gasteiger partial charge on any atom is 0.271 e. The molecule has 0 amide bonds. The van der Waals surface area contributed by atoms with Gasteiger partial charge >= 0.3 is 0 Å². The second-order valence-corrected chi connectivity index (χ2v) is 10.7. The Morgan fingerprint density at radius 3 is 1.21 bits per heavy atom. The molecule has 4 aromatic heterocycles. The highest BCUT2D eigenvalue weighted by Crippen LogP contribution is 2.23. The number of nitrogens with zero attached hydrogens (tertiary/aromatic N) is 4. The first-order valence-electron chi connectivity index (χ1n) is 13.5. The smallest absolute Gasteiger partial charge is 0.271 e. The molecule has 0 saturated carbocycles. The highest BCUT2D eigenvalue weighted by Gasteiger charge is 2.27. The van der Waals surface area contributed by atoms with Crippen molar-refractivity contribution in [1.29, 1.82) is 10.8 Å². The van der Waals surface area contributed by atoms with E-state index in [1.807, 2.05) is 0 Å². The minimum atomic E-state index is -0.818. The van der Waals surface area contributed by atoms with Crippen LogP contribution in [0.3, 0.4) is 0 Å². The summed E-state index contributed by atoms with van der Waals surface area (Å²) in [6.07, 6.45) is 10.2. The molecule has 0 saturated heterocycles. The molecule has 2 N–H and O–H groups in total. The van der Waals surface area contributed by atoms with Crippen molar-refractivity contribution in [1.82, 2.24) is 18.8 Å². The monoisotopic (exact) mass is 510 g/mol. The van der Waals surface area contributed by atoms with E-state index < -0.39 is 32.7 Å². The van der Waals surface area contributed by atoms with Gasteiger partial charge in [0.15, 0.2) is 0 Å². The van der Waals surface area contributed by atoms with Gasteiger partial charge in [0.1, 0.15) is 44.1 Å². The zero-order valence-electron chi connectivity index (χ0n) is 20.9. The van der Waals surface area contributed by atoms with Gasteiger partial charge in [0.25, 0.3) is 11.1 Å². The Balaban J connectivity index is 1.66.